The van der Waals surface area contributed by atoms with Crippen LogP contribution in [0.2, 0.25) is 0 Å². The Morgan fingerprint density at radius 1 is 1.26 bits per heavy atom. The molecule has 1 N–H and O–H groups in total. The predicted molar refractivity (Wildman–Crippen MR) is 87.1 cm³/mol. The minimum atomic E-state index is 0.542. The van der Waals surface area contributed by atoms with Crippen LogP contribution in [0.4, 0.5) is 5.69 Å². The van der Waals surface area contributed by atoms with Gasteiger partial charge in [0.2, 0.25) is 0 Å². The van der Waals surface area contributed by atoms with Gasteiger partial charge in [-0.05, 0) is 32.0 Å². The number of hydrogen-bond donors (Lipinski definition) is 1. The van der Waals surface area contributed by atoms with Crippen LogP contribution in [0.25, 0.3) is 5.82 Å². The summed E-state index contributed by atoms with van der Waals surface area (Å²) in [6.07, 6.45) is 5.31. The van der Waals surface area contributed by atoms with Crippen LogP contribution in [0.3, 0.4) is 0 Å². The standard InChI is InChI=1S/C17H16N6/c1-12-9-16(15(10-18)13(2)22-12)20-11-14-5-3-6-19-17(14)23-8-4-7-21-23/h3-9H,11H2,1-2H3,(H,20,22). The van der Waals surface area contributed by atoms with Crippen LogP contribution >= 0.6 is 0 Å². The van der Waals surface area contributed by atoms with E-state index in [4.69, 9.17) is 0 Å². The number of aromatic nitrogens is 4. The summed E-state index contributed by atoms with van der Waals surface area (Å²) < 4.78 is 1.73. The van der Waals surface area contributed by atoms with Crippen molar-refractivity contribution in [2.45, 2.75) is 20.4 Å². The molecule has 0 bridgehead atoms. The van der Waals surface area contributed by atoms with Crippen molar-refractivity contribution >= 4 is 5.69 Å². The first kappa shape index (κ1) is 14.7. The van der Waals surface area contributed by atoms with E-state index in [1.807, 2.05) is 44.3 Å². The van der Waals surface area contributed by atoms with Crippen molar-refractivity contribution in [2.75, 3.05) is 5.32 Å². The zero-order valence-corrected chi connectivity index (χ0v) is 13.0. The molecule has 114 valence electrons. The summed E-state index contributed by atoms with van der Waals surface area (Å²) in [5.74, 6) is 0.769. The summed E-state index contributed by atoms with van der Waals surface area (Å²) >= 11 is 0. The van der Waals surface area contributed by atoms with Gasteiger partial charge in [0, 0.05) is 36.4 Å². The van der Waals surface area contributed by atoms with Gasteiger partial charge in [-0.3, -0.25) is 4.98 Å². The van der Waals surface area contributed by atoms with E-state index < -0.39 is 0 Å². The monoisotopic (exact) mass is 304 g/mol. The zero-order valence-electron chi connectivity index (χ0n) is 13.0. The molecule has 3 heterocycles. The minimum absolute atomic E-state index is 0.542. The molecule has 0 saturated carbocycles. The fourth-order valence-corrected chi connectivity index (χ4v) is 2.47. The first-order valence-electron chi connectivity index (χ1n) is 7.25. The van der Waals surface area contributed by atoms with Crippen molar-refractivity contribution in [3.63, 3.8) is 0 Å². The largest absolute Gasteiger partial charge is 0.380 e. The summed E-state index contributed by atoms with van der Waals surface area (Å²) in [6.45, 7) is 4.30. The molecular formula is C17H16N6. The number of nitrogens with one attached hydrogen (secondary N) is 1. The molecule has 3 rings (SSSR count). The van der Waals surface area contributed by atoms with Crippen molar-refractivity contribution < 1.29 is 0 Å². The van der Waals surface area contributed by atoms with E-state index in [2.05, 4.69) is 26.5 Å². The summed E-state index contributed by atoms with van der Waals surface area (Å²) in [5, 5.41) is 16.9. The zero-order chi connectivity index (χ0) is 16.2. The Morgan fingerprint density at radius 3 is 2.87 bits per heavy atom. The van der Waals surface area contributed by atoms with Gasteiger partial charge in [-0.25, -0.2) is 9.67 Å². The second kappa shape index (κ2) is 6.28. The lowest BCUT2D eigenvalue weighted by Gasteiger charge is -2.13. The van der Waals surface area contributed by atoms with Gasteiger partial charge in [-0.1, -0.05) is 6.07 Å². The van der Waals surface area contributed by atoms with Crippen LogP contribution in [0.1, 0.15) is 22.5 Å². The summed E-state index contributed by atoms with van der Waals surface area (Å²) in [4.78, 5) is 8.72. The number of nitriles is 1. The van der Waals surface area contributed by atoms with Gasteiger partial charge in [0.1, 0.15) is 6.07 Å². The van der Waals surface area contributed by atoms with Crippen LogP contribution in [-0.2, 0) is 6.54 Å². The van der Waals surface area contributed by atoms with Crippen molar-refractivity contribution in [3.8, 4) is 11.9 Å². The molecule has 0 saturated heterocycles. The molecule has 0 radical (unpaired) electrons. The number of hydrogen-bond acceptors (Lipinski definition) is 5. The van der Waals surface area contributed by atoms with Gasteiger partial charge in [0.15, 0.2) is 5.82 Å². The third-order valence-corrected chi connectivity index (χ3v) is 3.50. The second-order valence-electron chi connectivity index (χ2n) is 5.17. The lowest BCUT2D eigenvalue weighted by Crippen LogP contribution is -2.09. The lowest BCUT2D eigenvalue weighted by atomic mass is 10.1. The van der Waals surface area contributed by atoms with Crippen LogP contribution in [0.15, 0.2) is 42.9 Å². The Hall–Kier alpha value is -3.20. The Balaban J connectivity index is 1.90. The van der Waals surface area contributed by atoms with Gasteiger partial charge < -0.3 is 5.32 Å². The average Bonchev–Trinajstić information content (AvgIpc) is 3.07. The maximum Gasteiger partial charge on any atom is 0.158 e. The average molecular weight is 304 g/mol. The molecule has 6 heteroatoms. The van der Waals surface area contributed by atoms with E-state index in [9.17, 15) is 5.26 Å². The van der Waals surface area contributed by atoms with Gasteiger partial charge >= 0.3 is 0 Å². The van der Waals surface area contributed by atoms with E-state index in [1.54, 1.807) is 17.1 Å². The molecule has 0 amide bonds. The molecule has 23 heavy (non-hydrogen) atoms. The smallest absolute Gasteiger partial charge is 0.158 e. The Morgan fingerprint density at radius 2 is 2.13 bits per heavy atom. The van der Waals surface area contributed by atoms with Gasteiger partial charge in [-0.15, -0.1) is 0 Å². The Kier molecular flexibility index (Phi) is 4.02. The Bertz CT molecular complexity index is 861. The third-order valence-electron chi connectivity index (χ3n) is 3.50. The van der Waals surface area contributed by atoms with Crippen LogP contribution < -0.4 is 5.32 Å². The fraction of sp³-hybridized carbons (Fsp3) is 0.176. The number of anilines is 1. The third kappa shape index (κ3) is 3.04. The van der Waals surface area contributed by atoms with Crippen molar-refractivity contribution in [2.24, 2.45) is 0 Å². The van der Waals surface area contributed by atoms with E-state index in [0.29, 0.717) is 12.1 Å². The fourth-order valence-electron chi connectivity index (χ4n) is 2.47. The highest BCUT2D eigenvalue weighted by Gasteiger charge is 2.10. The maximum absolute atomic E-state index is 9.34. The first-order valence-corrected chi connectivity index (χ1v) is 7.25. The second-order valence-corrected chi connectivity index (χ2v) is 5.17. The summed E-state index contributed by atoms with van der Waals surface area (Å²) in [5.41, 5.74) is 3.95. The molecule has 0 fully saturated rings. The first-order chi connectivity index (χ1) is 11.2. The topological polar surface area (TPSA) is 79.4 Å². The molecule has 0 aliphatic carbocycles. The van der Waals surface area contributed by atoms with Gasteiger partial charge in [0.05, 0.1) is 16.9 Å². The van der Waals surface area contributed by atoms with Crippen molar-refractivity contribution in [3.05, 3.63) is 65.4 Å². The number of rotatable bonds is 4. The SMILES string of the molecule is Cc1cc(NCc2cccnc2-n2cccn2)c(C#N)c(C)n1. The quantitative estimate of drug-likeness (QED) is 0.801. The molecule has 0 atom stereocenters. The molecule has 0 aliphatic heterocycles. The van der Waals surface area contributed by atoms with E-state index >= 15 is 0 Å². The summed E-state index contributed by atoms with van der Waals surface area (Å²) in [7, 11) is 0. The van der Waals surface area contributed by atoms with Crippen molar-refractivity contribution in [1.82, 2.24) is 19.7 Å². The molecule has 0 aromatic carbocycles. The molecule has 3 aromatic heterocycles. The normalized spacial score (nSPS) is 10.3. The van der Waals surface area contributed by atoms with Gasteiger partial charge in [0.25, 0.3) is 0 Å². The molecule has 3 aromatic rings. The Labute approximate surface area is 134 Å². The van der Waals surface area contributed by atoms with Crippen molar-refractivity contribution in [1.29, 1.82) is 5.26 Å². The molecular weight excluding hydrogens is 288 g/mol. The molecule has 0 spiro atoms. The van der Waals surface area contributed by atoms with E-state index in [-0.39, 0.29) is 0 Å². The minimum Gasteiger partial charge on any atom is -0.380 e. The predicted octanol–water partition coefficient (Wildman–Crippen LogP) is 2.76. The highest BCUT2D eigenvalue weighted by molar-refractivity contribution is 5.60. The van der Waals surface area contributed by atoms with E-state index in [0.717, 1.165) is 28.5 Å². The van der Waals surface area contributed by atoms with Crippen LogP contribution in [-0.4, -0.2) is 19.7 Å². The number of aryl methyl sites for hydroxylation is 2. The number of pyridine rings is 2. The highest BCUT2D eigenvalue weighted by atomic mass is 15.3. The maximum atomic E-state index is 9.34. The highest BCUT2D eigenvalue weighted by Crippen LogP contribution is 2.20. The lowest BCUT2D eigenvalue weighted by molar-refractivity contribution is 0.829. The van der Waals surface area contributed by atoms with Crippen LogP contribution in [0, 0.1) is 25.2 Å². The molecule has 0 aliphatic rings. The van der Waals surface area contributed by atoms with E-state index in [1.165, 1.54) is 0 Å². The molecule has 0 unspecified atom stereocenters. The van der Waals surface area contributed by atoms with Crippen LogP contribution in [0.5, 0.6) is 0 Å². The number of nitrogens with zero attached hydrogens (tertiary/aromatic N) is 5. The van der Waals surface area contributed by atoms with Gasteiger partial charge in [-0.2, -0.15) is 10.4 Å². The molecule has 6 nitrogen and oxygen atoms in total. The summed E-state index contributed by atoms with van der Waals surface area (Å²) in [6, 6.07) is 9.83.